The van der Waals surface area contributed by atoms with Crippen LogP contribution in [0.5, 0.6) is 0 Å². The highest BCUT2D eigenvalue weighted by Gasteiger charge is 2.26. The summed E-state index contributed by atoms with van der Waals surface area (Å²) in [4.78, 5) is 17.4. The lowest BCUT2D eigenvalue weighted by Gasteiger charge is -2.12. The molecule has 1 aromatic carbocycles. The molecule has 0 unspecified atom stereocenters. The molecule has 3 aromatic rings. The van der Waals surface area contributed by atoms with Crippen LogP contribution in [0.15, 0.2) is 42.9 Å². The van der Waals surface area contributed by atoms with Gasteiger partial charge >= 0.3 is 0 Å². The van der Waals surface area contributed by atoms with Crippen LogP contribution in [-0.2, 0) is 2.14 Å². The maximum Gasteiger partial charge on any atom is 0.182 e. The van der Waals surface area contributed by atoms with Crippen LogP contribution in [0.4, 0.5) is 0 Å². The summed E-state index contributed by atoms with van der Waals surface area (Å²) in [5, 5.41) is 0. The standard InChI is InChI=1S/C13H7Br3N4/c14-13(15,16)11-10-12(19-7-18-11)20-9(6-17-10)8-4-2-1-3-5-8/h1-7H. The van der Waals surface area contributed by atoms with Gasteiger partial charge < -0.3 is 0 Å². The van der Waals surface area contributed by atoms with E-state index in [4.69, 9.17) is 0 Å². The minimum Gasteiger partial charge on any atom is -0.249 e. The summed E-state index contributed by atoms with van der Waals surface area (Å²) in [6.45, 7) is 0. The second kappa shape index (κ2) is 5.46. The first-order valence-electron chi connectivity index (χ1n) is 5.66. The number of alkyl halides is 3. The van der Waals surface area contributed by atoms with Gasteiger partial charge in [-0.1, -0.05) is 78.1 Å². The van der Waals surface area contributed by atoms with E-state index in [2.05, 4.69) is 67.7 Å². The van der Waals surface area contributed by atoms with Crippen LogP contribution in [-0.4, -0.2) is 19.9 Å². The van der Waals surface area contributed by atoms with Crippen molar-refractivity contribution in [2.75, 3.05) is 0 Å². The van der Waals surface area contributed by atoms with Crippen LogP contribution < -0.4 is 0 Å². The largest absolute Gasteiger partial charge is 0.249 e. The van der Waals surface area contributed by atoms with Crippen LogP contribution in [0, 0.1) is 0 Å². The van der Waals surface area contributed by atoms with Gasteiger partial charge in [-0.15, -0.1) is 0 Å². The van der Waals surface area contributed by atoms with Crippen molar-refractivity contribution in [1.82, 2.24) is 19.9 Å². The summed E-state index contributed by atoms with van der Waals surface area (Å²) in [7, 11) is 0. The molecule has 0 aliphatic rings. The molecular weight excluding hydrogens is 452 g/mol. The maximum atomic E-state index is 4.54. The van der Waals surface area contributed by atoms with Crippen molar-refractivity contribution in [3.05, 3.63) is 48.5 Å². The number of hydrogen-bond donors (Lipinski definition) is 0. The molecular formula is C13H7Br3N4. The number of halogens is 3. The molecule has 0 N–H and O–H groups in total. The van der Waals surface area contributed by atoms with Crippen molar-refractivity contribution in [3.63, 3.8) is 0 Å². The van der Waals surface area contributed by atoms with Crippen molar-refractivity contribution in [2.24, 2.45) is 0 Å². The molecule has 4 nitrogen and oxygen atoms in total. The summed E-state index contributed by atoms with van der Waals surface area (Å²) < 4.78 is -0.642. The summed E-state index contributed by atoms with van der Waals surface area (Å²) in [6.07, 6.45) is 3.20. The zero-order chi connectivity index (χ0) is 14.2. The van der Waals surface area contributed by atoms with Crippen LogP contribution in [0.25, 0.3) is 22.4 Å². The molecule has 2 aromatic heterocycles. The number of hydrogen-bond acceptors (Lipinski definition) is 4. The Hall–Kier alpha value is -0.920. The fraction of sp³-hybridized carbons (Fsp3) is 0.0769. The lowest BCUT2D eigenvalue weighted by molar-refractivity contribution is 1.08. The lowest BCUT2D eigenvalue weighted by Crippen LogP contribution is -2.06. The molecule has 0 aliphatic carbocycles. The molecule has 100 valence electrons. The van der Waals surface area contributed by atoms with E-state index in [1.54, 1.807) is 6.20 Å². The van der Waals surface area contributed by atoms with E-state index >= 15 is 0 Å². The van der Waals surface area contributed by atoms with Gasteiger partial charge in [0.25, 0.3) is 0 Å². The third-order valence-corrected chi connectivity index (χ3v) is 3.81. The van der Waals surface area contributed by atoms with E-state index in [0.717, 1.165) is 11.3 Å². The van der Waals surface area contributed by atoms with Crippen molar-refractivity contribution < 1.29 is 0 Å². The van der Waals surface area contributed by atoms with Crippen LogP contribution in [0.2, 0.25) is 0 Å². The van der Waals surface area contributed by atoms with E-state index in [9.17, 15) is 0 Å². The Morgan fingerprint density at radius 1 is 0.900 bits per heavy atom. The average Bonchev–Trinajstić information content (AvgIpc) is 2.46. The molecule has 7 heteroatoms. The lowest BCUT2D eigenvalue weighted by atomic mass is 10.2. The van der Waals surface area contributed by atoms with Gasteiger partial charge in [-0.2, -0.15) is 0 Å². The number of nitrogens with zero attached hydrogens (tertiary/aromatic N) is 4. The molecule has 3 rings (SSSR count). The molecule has 0 spiro atoms. The number of benzene rings is 1. The smallest absolute Gasteiger partial charge is 0.182 e. The molecule has 0 saturated carbocycles. The Kier molecular flexibility index (Phi) is 3.83. The van der Waals surface area contributed by atoms with Gasteiger partial charge in [-0.05, 0) is 0 Å². The maximum absolute atomic E-state index is 4.54. The highest BCUT2D eigenvalue weighted by Crippen LogP contribution is 2.44. The minimum atomic E-state index is -0.642. The first-order chi connectivity index (χ1) is 9.55. The SMILES string of the molecule is BrC(Br)(Br)c1ncnc2nc(-c3ccccc3)cnc12. The van der Waals surface area contributed by atoms with Gasteiger partial charge in [0.2, 0.25) is 0 Å². The summed E-state index contributed by atoms with van der Waals surface area (Å²) in [5.41, 5.74) is 3.66. The second-order valence-corrected chi connectivity index (χ2v) is 10.8. The monoisotopic (exact) mass is 456 g/mol. The Labute approximate surface area is 140 Å². The van der Waals surface area contributed by atoms with E-state index in [1.807, 2.05) is 30.3 Å². The van der Waals surface area contributed by atoms with Gasteiger partial charge in [-0.25, -0.2) is 19.9 Å². The molecule has 0 amide bonds. The fourth-order valence-electron chi connectivity index (χ4n) is 1.79. The van der Waals surface area contributed by atoms with Gasteiger partial charge in [0, 0.05) is 5.56 Å². The average molecular weight is 459 g/mol. The summed E-state index contributed by atoms with van der Waals surface area (Å²) in [6, 6.07) is 9.87. The Bertz CT molecular complexity index is 756. The van der Waals surface area contributed by atoms with E-state index in [-0.39, 0.29) is 0 Å². The predicted octanol–water partition coefficient (Wildman–Crippen LogP) is 4.38. The molecule has 0 aliphatic heterocycles. The molecule has 20 heavy (non-hydrogen) atoms. The number of rotatable bonds is 1. The first kappa shape index (κ1) is 14.0. The highest BCUT2D eigenvalue weighted by atomic mass is 80.0. The third-order valence-electron chi connectivity index (χ3n) is 2.68. The topological polar surface area (TPSA) is 51.6 Å². The van der Waals surface area contributed by atoms with Gasteiger partial charge in [-0.3, -0.25) is 0 Å². The van der Waals surface area contributed by atoms with Gasteiger partial charge in [0.05, 0.1) is 11.9 Å². The minimum absolute atomic E-state index is 0.555. The molecule has 0 saturated heterocycles. The fourth-order valence-corrected chi connectivity index (χ4v) is 2.66. The van der Waals surface area contributed by atoms with Crippen molar-refractivity contribution in [1.29, 1.82) is 0 Å². The van der Waals surface area contributed by atoms with Crippen LogP contribution >= 0.6 is 47.8 Å². The Balaban J connectivity index is 2.19. The first-order valence-corrected chi connectivity index (χ1v) is 8.04. The summed E-state index contributed by atoms with van der Waals surface area (Å²) >= 11 is 10.3. The van der Waals surface area contributed by atoms with E-state index in [1.165, 1.54) is 6.33 Å². The van der Waals surface area contributed by atoms with Crippen molar-refractivity contribution in [3.8, 4) is 11.3 Å². The van der Waals surface area contributed by atoms with Crippen LogP contribution in [0.1, 0.15) is 5.69 Å². The molecule has 0 atom stereocenters. The van der Waals surface area contributed by atoms with Gasteiger partial charge in [0.15, 0.2) is 7.79 Å². The zero-order valence-electron chi connectivity index (χ0n) is 9.96. The zero-order valence-corrected chi connectivity index (χ0v) is 14.7. The second-order valence-electron chi connectivity index (χ2n) is 4.01. The Morgan fingerprint density at radius 2 is 1.65 bits per heavy atom. The normalized spacial score (nSPS) is 11.8. The Morgan fingerprint density at radius 3 is 2.35 bits per heavy atom. The molecule has 0 fully saturated rings. The number of fused-ring (bicyclic) bond motifs is 1. The van der Waals surface area contributed by atoms with E-state index in [0.29, 0.717) is 16.9 Å². The van der Waals surface area contributed by atoms with Crippen molar-refractivity contribution >= 4 is 59.0 Å². The number of aromatic nitrogens is 4. The molecule has 2 heterocycles. The third kappa shape index (κ3) is 2.75. The van der Waals surface area contributed by atoms with E-state index < -0.39 is 2.14 Å². The summed E-state index contributed by atoms with van der Waals surface area (Å²) in [5.74, 6) is 0. The molecule has 0 bridgehead atoms. The predicted molar refractivity (Wildman–Crippen MR) is 89.0 cm³/mol. The quantitative estimate of drug-likeness (QED) is 0.508. The highest BCUT2D eigenvalue weighted by molar-refractivity contribution is 9.38. The van der Waals surface area contributed by atoms with Crippen molar-refractivity contribution in [2.45, 2.75) is 2.14 Å². The van der Waals surface area contributed by atoms with Crippen LogP contribution in [0.3, 0.4) is 0 Å². The molecule has 0 radical (unpaired) electrons. The van der Waals surface area contributed by atoms with Gasteiger partial charge in [0.1, 0.15) is 17.5 Å².